The second-order valence-corrected chi connectivity index (χ2v) is 7.38. The predicted molar refractivity (Wildman–Crippen MR) is 101 cm³/mol. The number of aliphatic hydroxyl groups excluding tert-OH is 1. The van der Waals surface area contributed by atoms with Gasteiger partial charge >= 0.3 is 0 Å². The minimum atomic E-state index is -0.628. The van der Waals surface area contributed by atoms with E-state index in [0.717, 1.165) is 12.8 Å². The van der Waals surface area contributed by atoms with Gasteiger partial charge in [0.15, 0.2) is 0 Å². The fraction of sp³-hybridized carbons (Fsp3) is 1.00. The van der Waals surface area contributed by atoms with Crippen molar-refractivity contribution >= 4 is 11.6 Å². The summed E-state index contributed by atoms with van der Waals surface area (Å²) >= 11 is 5.50. The zero-order valence-corrected chi connectivity index (χ0v) is 15.9. The van der Waals surface area contributed by atoms with Gasteiger partial charge in [-0.15, -0.1) is 0 Å². The van der Waals surface area contributed by atoms with E-state index in [4.69, 9.17) is 16.7 Å². The molecule has 0 heterocycles. The van der Waals surface area contributed by atoms with Crippen molar-refractivity contribution in [3.8, 4) is 0 Å². The molecule has 0 bridgehead atoms. The summed E-state index contributed by atoms with van der Waals surface area (Å²) in [6.07, 6.45) is 24.3. The maximum absolute atomic E-state index is 8.94. The standard InChI is InChI=1S/C20H41ClO/c1-2-3-4-5-6-7-8-9-10-11-12-13-14-15-16-17-18-19-20(21)22/h20,22H,2-19H2,1H3. The molecule has 22 heavy (non-hydrogen) atoms. The highest BCUT2D eigenvalue weighted by atomic mass is 35.5. The Morgan fingerprint density at radius 3 is 1.09 bits per heavy atom. The molecule has 0 spiro atoms. The van der Waals surface area contributed by atoms with Crippen LogP contribution >= 0.6 is 11.6 Å². The zero-order valence-electron chi connectivity index (χ0n) is 15.1. The van der Waals surface area contributed by atoms with Crippen molar-refractivity contribution in [1.29, 1.82) is 0 Å². The molecule has 1 unspecified atom stereocenters. The normalized spacial score (nSPS) is 12.7. The molecule has 1 N–H and O–H groups in total. The summed E-state index contributed by atoms with van der Waals surface area (Å²) in [5, 5.41) is 8.94. The molecule has 0 saturated carbocycles. The Labute approximate surface area is 145 Å². The van der Waals surface area contributed by atoms with Gasteiger partial charge in [0.1, 0.15) is 5.56 Å². The van der Waals surface area contributed by atoms with Crippen LogP contribution in [0.25, 0.3) is 0 Å². The monoisotopic (exact) mass is 332 g/mol. The second-order valence-electron chi connectivity index (χ2n) is 6.88. The first-order valence-corrected chi connectivity index (χ1v) is 10.5. The lowest BCUT2D eigenvalue weighted by atomic mass is 10.0. The Kier molecular flexibility index (Phi) is 19.5. The van der Waals surface area contributed by atoms with Crippen LogP contribution in [-0.4, -0.2) is 10.7 Å². The van der Waals surface area contributed by atoms with Gasteiger partial charge in [0, 0.05) is 0 Å². The van der Waals surface area contributed by atoms with Gasteiger partial charge in [0.25, 0.3) is 0 Å². The highest BCUT2D eigenvalue weighted by Crippen LogP contribution is 2.14. The van der Waals surface area contributed by atoms with Crippen LogP contribution in [0.1, 0.15) is 122 Å². The van der Waals surface area contributed by atoms with Crippen molar-refractivity contribution in [2.45, 2.75) is 128 Å². The van der Waals surface area contributed by atoms with Gasteiger partial charge in [-0.2, -0.15) is 0 Å². The van der Waals surface area contributed by atoms with E-state index < -0.39 is 5.56 Å². The lowest BCUT2D eigenvalue weighted by Crippen LogP contribution is -1.94. The molecule has 0 fully saturated rings. The summed E-state index contributed by atoms with van der Waals surface area (Å²) in [5.41, 5.74) is -0.628. The van der Waals surface area contributed by atoms with Crippen molar-refractivity contribution in [2.24, 2.45) is 0 Å². The molecule has 0 aliphatic heterocycles. The van der Waals surface area contributed by atoms with Gasteiger partial charge in [-0.1, -0.05) is 121 Å². The topological polar surface area (TPSA) is 20.2 Å². The number of halogens is 1. The molecule has 0 aliphatic rings. The fourth-order valence-corrected chi connectivity index (χ4v) is 3.19. The lowest BCUT2D eigenvalue weighted by molar-refractivity contribution is 0.240. The maximum atomic E-state index is 8.94. The van der Waals surface area contributed by atoms with Crippen LogP contribution in [0.15, 0.2) is 0 Å². The van der Waals surface area contributed by atoms with Crippen LogP contribution in [0.5, 0.6) is 0 Å². The minimum Gasteiger partial charge on any atom is -0.378 e. The average Bonchev–Trinajstić information content (AvgIpc) is 2.50. The van der Waals surface area contributed by atoms with Crippen LogP contribution < -0.4 is 0 Å². The molecule has 0 aromatic heterocycles. The number of unbranched alkanes of at least 4 members (excludes halogenated alkanes) is 16. The molecular weight excluding hydrogens is 292 g/mol. The second kappa shape index (κ2) is 19.3. The zero-order chi connectivity index (χ0) is 16.3. The third kappa shape index (κ3) is 20.2. The maximum Gasteiger partial charge on any atom is 0.128 e. The lowest BCUT2D eigenvalue weighted by Gasteiger charge is -2.04. The molecule has 0 amide bonds. The first kappa shape index (κ1) is 22.2. The van der Waals surface area contributed by atoms with E-state index in [1.54, 1.807) is 0 Å². The van der Waals surface area contributed by atoms with Gasteiger partial charge in [0.2, 0.25) is 0 Å². The van der Waals surface area contributed by atoms with Crippen molar-refractivity contribution in [3.63, 3.8) is 0 Å². The van der Waals surface area contributed by atoms with Crippen LogP contribution in [0, 0.1) is 0 Å². The smallest absolute Gasteiger partial charge is 0.128 e. The summed E-state index contributed by atoms with van der Waals surface area (Å²) in [6, 6.07) is 0. The molecular formula is C20H41ClO. The molecule has 0 aliphatic carbocycles. The molecule has 0 rings (SSSR count). The Hall–Kier alpha value is 0.250. The van der Waals surface area contributed by atoms with Crippen LogP contribution in [0.2, 0.25) is 0 Å². The van der Waals surface area contributed by atoms with Crippen molar-refractivity contribution in [3.05, 3.63) is 0 Å². The molecule has 1 atom stereocenters. The molecule has 0 aromatic carbocycles. The summed E-state index contributed by atoms with van der Waals surface area (Å²) in [4.78, 5) is 0. The number of aliphatic hydroxyl groups is 1. The van der Waals surface area contributed by atoms with Gasteiger partial charge in [-0.3, -0.25) is 0 Å². The van der Waals surface area contributed by atoms with Gasteiger partial charge in [0.05, 0.1) is 0 Å². The van der Waals surface area contributed by atoms with Gasteiger partial charge in [-0.05, 0) is 12.8 Å². The molecule has 0 saturated heterocycles. The van der Waals surface area contributed by atoms with E-state index >= 15 is 0 Å². The fourth-order valence-electron chi connectivity index (χ4n) is 3.04. The Balaban J connectivity index is 2.94. The Morgan fingerprint density at radius 2 is 0.818 bits per heavy atom. The van der Waals surface area contributed by atoms with E-state index in [1.807, 2.05) is 0 Å². The molecule has 134 valence electrons. The summed E-state index contributed by atoms with van der Waals surface area (Å²) < 4.78 is 0. The first-order chi connectivity index (χ1) is 10.8. The van der Waals surface area contributed by atoms with Gasteiger partial charge in [-0.25, -0.2) is 0 Å². The molecule has 0 aromatic rings. The number of alkyl halides is 1. The SMILES string of the molecule is CCCCCCCCCCCCCCCCCCCC(O)Cl. The highest BCUT2D eigenvalue weighted by Gasteiger charge is 1.97. The molecule has 1 nitrogen and oxygen atoms in total. The van der Waals surface area contributed by atoms with Crippen molar-refractivity contribution in [2.75, 3.05) is 0 Å². The molecule has 2 heteroatoms. The number of rotatable bonds is 18. The third-order valence-corrected chi connectivity index (χ3v) is 4.76. The first-order valence-electron chi connectivity index (χ1n) is 10.1. The third-order valence-electron chi connectivity index (χ3n) is 4.55. The average molecular weight is 333 g/mol. The van der Waals surface area contributed by atoms with Crippen molar-refractivity contribution < 1.29 is 5.11 Å². The van der Waals surface area contributed by atoms with E-state index in [9.17, 15) is 0 Å². The largest absolute Gasteiger partial charge is 0.378 e. The van der Waals surface area contributed by atoms with E-state index in [1.165, 1.54) is 103 Å². The van der Waals surface area contributed by atoms with Crippen LogP contribution in [0.3, 0.4) is 0 Å². The van der Waals surface area contributed by atoms with Crippen LogP contribution in [0.4, 0.5) is 0 Å². The minimum absolute atomic E-state index is 0.628. The Morgan fingerprint density at radius 1 is 0.545 bits per heavy atom. The van der Waals surface area contributed by atoms with Gasteiger partial charge < -0.3 is 5.11 Å². The Bertz CT molecular complexity index is 194. The summed E-state index contributed by atoms with van der Waals surface area (Å²) in [6.45, 7) is 2.28. The number of hydrogen-bond donors (Lipinski definition) is 1. The van der Waals surface area contributed by atoms with Crippen LogP contribution in [-0.2, 0) is 0 Å². The summed E-state index contributed by atoms with van der Waals surface area (Å²) in [7, 11) is 0. The van der Waals surface area contributed by atoms with E-state index in [2.05, 4.69) is 6.92 Å². The predicted octanol–water partition coefficient (Wildman–Crippen LogP) is 7.59. The van der Waals surface area contributed by atoms with Crippen molar-refractivity contribution in [1.82, 2.24) is 0 Å². The summed E-state index contributed by atoms with van der Waals surface area (Å²) in [5.74, 6) is 0. The highest BCUT2D eigenvalue weighted by molar-refractivity contribution is 6.19. The number of hydrogen-bond acceptors (Lipinski definition) is 1. The quantitative estimate of drug-likeness (QED) is 0.202. The van der Waals surface area contributed by atoms with E-state index in [-0.39, 0.29) is 0 Å². The molecule has 0 radical (unpaired) electrons. The van der Waals surface area contributed by atoms with E-state index in [0.29, 0.717) is 0 Å².